The average molecular weight is 423 g/mol. The molecule has 6 nitrogen and oxygen atoms in total. The lowest BCUT2D eigenvalue weighted by Crippen LogP contribution is -2.26. The van der Waals surface area contributed by atoms with Gasteiger partial charge in [-0.2, -0.15) is 0 Å². The molecule has 0 spiro atoms. The van der Waals surface area contributed by atoms with Crippen LogP contribution in [0.3, 0.4) is 0 Å². The fourth-order valence-corrected chi connectivity index (χ4v) is 3.68. The number of aromatic nitrogens is 2. The van der Waals surface area contributed by atoms with Crippen molar-refractivity contribution in [1.29, 1.82) is 0 Å². The van der Waals surface area contributed by atoms with Crippen molar-refractivity contribution in [3.8, 4) is 16.9 Å². The molecule has 0 saturated carbocycles. The van der Waals surface area contributed by atoms with Gasteiger partial charge in [-0.15, -0.1) is 0 Å². The molecule has 2 aromatic carbocycles. The molecule has 31 heavy (non-hydrogen) atoms. The van der Waals surface area contributed by atoms with Gasteiger partial charge in [-0.1, -0.05) is 69.7 Å². The minimum absolute atomic E-state index is 0.0355. The van der Waals surface area contributed by atoms with E-state index in [9.17, 15) is 9.59 Å². The van der Waals surface area contributed by atoms with Gasteiger partial charge in [-0.3, -0.25) is 9.13 Å². The van der Waals surface area contributed by atoms with Gasteiger partial charge >= 0.3 is 11.8 Å². The summed E-state index contributed by atoms with van der Waals surface area (Å²) in [6.07, 6.45) is 3.55. The lowest BCUT2D eigenvalue weighted by molar-refractivity contribution is 0.144. The summed E-state index contributed by atoms with van der Waals surface area (Å²) < 4.78 is 8.59. The molecule has 0 aliphatic rings. The molecule has 6 heteroatoms. The number of unbranched alkanes of at least 4 members (excludes halogenated alkanes) is 1. The van der Waals surface area contributed by atoms with Crippen LogP contribution in [-0.2, 0) is 19.5 Å². The number of nitrogens with zero attached hydrogens (tertiary/aromatic N) is 2. The van der Waals surface area contributed by atoms with E-state index in [2.05, 4.69) is 20.8 Å². The van der Waals surface area contributed by atoms with Crippen LogP contribution in [0.15, 0.2) is 59.5 Å². The quantitative estimate of drug-likeness (QED) is 0.369. The molecule has 3 rings (SSSR count). The molecule has 0 atom stereocenters. The van der Waals surface area contributed by atoms with Crippen molar-refractivity contribution in [3.63, 3.8) is 0 Å². The van der Waals surface area contributed by atoms with Gasteiger partial charge in [0.15, 0.2) is 0 Å². The minimum Gasteiger partial charge on any atom is -0.449 e. The van der Waals surface area contributed by atoms with Crippen LogP contribution in [0.1, 0.15) is 44.9 Å². The van der Waals surface area contributed by atoms with Gasteiger partial charge in [-0.05, 0) is 36.0 Å². The number of para-hydroxylation sites is 1. The molecule has 0 fully saturated rings. The summed E-state index contributed by atoms with van der Waals surface area (Å²) in [7, 11) is 0. The highest BCUT2D eigenvalue weighted by Crippen LogP contribution is 2.30. The zero-order chi connectivity index (χ0) is 22.4. The zero-order valence-corrected chi connectivity index (χ0v) is 18.4. The summed E-state index contributed by atoms with van der Waals surface area (Å²) >= 11 is 0. The topological polar surface area (TPSA) is 73.5 Å². The molecule has 0 bridgehead atoms. The number of hydrogen-bond donors (Lipinski definition) is 1. The lowest BCUT2D eigenvalue weighted by atomic mass is 10.0. The Morgan fingerprint density at radius 3 is 2.45 bits per heavy atom. The van der Waals surface area contributed by atoms with E-state index in [-0.39, 0.29) is 5.69 Å². The molecule has 0 saturated heterocycles. The fourth-order valence-electron chi connectivity index (χ4n) is 3.68. The Morgan fingerprint density at radius 1 is 1.10 bits per heavy atom. The van der Waals surface area contributed by atoms with Gasteiger partial charge in [0.05, 0.1) is 6.54 Å². The fraction of sp³-hybridized carbons (Fsp3) is 0.360. The largest absolute Gasteiger partial charge is 0.511 e. The predicted molar refractivity (Wildman–Crippen MR) is 122 cm³/mol. The maximum absolute atomic E-state index is 13.0. The van der Waals surface area contributed by atoms with Crippen LogP contribution in [0.5, 0.6) is 5.75 Å². The predicted octanol–water partition coefficient (Wildman–Crippen LogP) is 5.42. The van der Waals surface area contributed by atoms with E-state index in [4.69, 9.17) is 9.84 Å². The molecule has 0 amide bonds. The molecule has 0 unspecified atom stereocenters. The number of hydrogen-bond acceptors (Lipinski definition) is 3. The first kappa shape index (κ1) is 22.4. The number of imidazole rings is 1. The summed E-state index contributed by atoms with van der Waals surface area (Å²) in [5.74, 6) is 0.756. The van der Waals surface area contributed by atoms with Crippen LogP contribution in [-0.4, -0.2) is 20.4 Å². The van der Waals surface area contributed by atoms with E-state index in [1.807, 2.05) is 51.7 Å². The highest BCUT2D eigenvalue weighted by atomic mass is 16.7. The Morgan fingerprint density at radius 2 is 1.81 bits per heavy atom. The van der Waals surface area contributed by atoms with Gasteiger partial charge in [-0.25, -0.2) is 9.59 Å². The van der Waals surface area contributed by atoms with E-state index in [0.717, 1.165) is 42.6 Å². The number of benzene rings is 2. The van der Waals surface area contributed by atoms with Crippen molar-refractivity contribution in [2.75, 3.05) is 0 Å². The third-order valence-electron chi connectivity index (χ3n) is 5.19. The van der Waals surface area contributed by atoms with Crippen LogP contribution in [0.25, 0.3) is 11.1 Å². The van der Waals surface area contributed by atoms with Crippen molar-refractivity contribution in [1.82, 2.24) is 9.13 Å². The standard InChI is InChI=1S/C25H30N2O4/c1-4-5-14-26-17-21(15-18(2)3)27(24(26)28)16-19-10-12-20(13-11-19)22-8-6-7-9-23(22)31-25(29)30/h6-13,17-18H,4-5,14-16H2,1-3H3,(H,29,30). The Labute approximate surface area is 182 Å². The van der Waals surface area contributed by atoms with Gasteiger partial charge in [0.1, 0.15) is 5.75 Å². The average Bonchev–Trinajstić information content (AvgIpc) is 3.01. The summed E-state index contributed by atoms with van der Waals surface area (Å²) in [4.78, 5) is 23.9. The minimum atomic E-state index is -1.34. The van der Waals surface area contributed by atoms with E-state index >= 15 is 0 Å². The van der Waals surface area contributed by atoms with E-state index in [1.165, 1.54) is 0 Å². The van der Waals surface area contributed by atoms with Crippen LogP contribution in [0, 0.1) is 5.92 Å². The van der Waals surface area contributed by atoms with Gasteiger partial charge in [0.25, 0.3) is 0 Å². The highest BCUT2D eigenvalue weighted by Gasteiger charge is 2.14. The number of rotatable bonds is 9. The molecule has 1 N–H and O–H groups in total. The SMILES string of the molecule is CCCCn1cc(CC(C)C)n(Cc2ccc(-c3ccccc3OC(=O)O)cc2)c1=O. The van der Waals surface area contributed by atoms with Crippen LogP contribution in [0.4, 0.5) is 4.79 Å². The van der Waals surface area contributed by atoms with Crippen LogP contribution in [0.2, 0.25) is 0 Å². The molecule has 0 radical (unpaired) electrons. The monoisotopic (exact) mass is 422 g/mol. The molecule has 164 valence electrons. The highest BCUT2D eigenvalue weighted by molar-refractivity contribution is 5.74. The first-order valence-electron chi connectivity index (χ1n) is 10.8. The molecule has 1 aromatic heterocycles. The molecule has 1 heterocycles. The van der Waals surface area contributed by atoms with Gasteiger partial charge in [0, 0.05) is 24.0 Å². The maximum atomic E-state index is 13.0. The summed E-state index contributed by atoms with van der Waals surface area (Å²) in [5.41, 5.74) is 3.67. The van der Waals surface area contributed by atoms with Crippen molar-refractivity contribution in [2.45, 2.75) is 53.1 Å². The Hall–Kier alpha value is -3.28. The second-order valence-corrected chi connectivity index (χ2v) is 8.20. The zero-order valence-electron chi connectivity index (χ0n) is 18.4. The Balaban J connectivity index is 1.87. The maximum Gasteiger partial charge on any atom is 0.511 e. The number of aryl methyl sites for hydroxylation is 1. The normalized spacial score (nSPS) is 11.1. The summed E-state index contributed by atoms with van der Waals surface area (Å²) in [5, 5.41) is 8.96. The van der Waals surface area contributed by atoms with E-state index in [1.54, 1.807) is 12.1 Å². The van der Waals surface area contributed by atoms with Crippen molar-refractivity contribution in [3.05, 3.63) is 76.5 Å². The van der Waals surface area contributed by atoms with Crippen LogP contribution >= 0.6 is 0 Å². The molecule has 3 aromatic rings. The van der Waals surface area contributed by atoms with Crippen molar-refractivity contribution in [2.24, 2.45) is 5.92 Å². The number of ether oxygens (including phenoxy) is 1. The second kappa shape index (κ2) is 10.2. The van der Waals surface area contributed by atoms with Crippen LogP contribution < -0.4 is 10.4 Å². The number of carbonyl (C=O) groups is 1. The molecule has 0 aliphatic heterocycles. The van der Waals surface area contributed by atoms with Crippen molar-refractivity contribution < 1.29 is 14.6 Å². The Bertz CT molecular complexity index is 1080. The number of carboxylic acid groups (broad SMARTS) is 1. The summed E-state index contributed by atoms with van der Waals surface area (Å²) in [6.45, 7) is 7.69. The van der Waals surface area contributed by atoms with E-state index in [0.29, 0.717) is 23.8 Å². The third-order valence-corrected chi connectivity index (χ3v) is 5.19. The first-order chi connectivity index (χ1) is 14.9. The third kappa shape index (κ3) is 5.66. The molecular formula is C25H30N2O4. The Kier molecular flexibility index (Phi) is 7.34. The van der Waals surface area contributed by atoms with Gasteiger partial charge < -0.3 is 9.84 Å². The van der Waals surface area contributed by atoms with Gasteiger partial charge in [0.2, 0.25) is 0 Å². The van der Waals surface area contributed by atoms with E-state index < -0.39 is 6.16 Å². The first-order valence-corrected chi connectivity index (χ1v) is 10.8. The summed E-state index contributed by atoms with van der Waals surface area (Å²) in [6, 6.07) is 14.8. The molecular weight excluding hydrogens is 392 g/mol. The lowest BCUT2D eigenvalue weighted by Gasteiger charge is -2.11. The molecule has 0 aliphatic carbocycles. The van der Waals surface area contributed by atoms with Crippen molar-refractivity contribution >= 4 is 6.16 Å². The smallest absolute Gasteiger partial charge is 0.449 e. The second-order valence-electron chi connectivity index (χ2n) is 8.20.